The molecule has 6 aromatic rings. The van der Waals surface area contributed by atoms with Crippen molar-refractivity contribution in [1.82, 2.24) is 79.3 Å². The normalized spacial score (nSPS) is 24.9. The van der Waals surface area contributed by atoms with Crippen LogP contribution >= 0.6 is 0 Å². The number of ether oxygens (including phenoxy) is 1. The fourth-order valence-corrected chi connectivity index (χ4v) is 18.5. The van der Waals surface area contributed by atoms with Gasteiger partial charge >= 0.3 is 0 Å². The average molecular weight is 1660 g/mol. The summed E-state index contributed by atoms with van der Waals surface area (Å²) in [4.78, 5) is 169. The van der Waals surface area contributed by atoms with E-state index in [0.29, 0.717) is 133 Å². The molecule has 6 aromatic carbocycles. The lowest BCUT2D eigenvalue weighted by molar-refractivity contribution is -0.523. The van der Waals surface area contributed by atoms with E-state index in [1.165, 1.54) is 54.2 Å². The molecule has 30 heteroatoms. The lowest BCUT2D eigenvalue weighted by Gasteiger charge is -2.36. The summed E-state index contributed by atoms with van der Waals surface area (Å²) in [5, 5.41) is 44.7. The molecular formula is C90H108ClN17O12. The maximum absolute atomic E-state index is 16.2. The van der Waals surface area contributed by atoms with E-state index in [-0.39, 0.29) is 87.2 Å². The van der Waals surface area contributed by atoms with Gasteiger partial charge in [0.2, 0.25) is 0 Å². The van der Waals surface area contributed by atoms with E-state index in [1.54, 1.807) is 53.4 Å². The Kier molecular flexibility index (Phi) is 27.2. The van der Waals surface area contributed by atoms with E-state index in [2.05, 4.69) is 130 Å². The van der Waals surface area contributed by atoms with E-state index in [1.807, 2.05) is 12.1 Å². The van der Waals surface area contributed by atoms with Gasteiger partial charge in [-0.2, -0.15) is 0 Å². The Hall–Kier alpha value is -11.4. The van der Waals surface area contributed by atoms with Crippen LogP contribution in [0.3, 0.4) is 0 Å². The van der Waals surface area contributed by atoms with Gasteiger partial charge in [-0.1, -0.05) is 30.3 Å². The number of halogens is 1. The number of likely N-dealkylation sites (tertiary alicyclic amines) is 1. The molecule has 11 amide bonds. The summed E-state index contributed by atoms with van der Waals surface area (Å²) in [6.45, 7) is 15.3. The maximum atomic E-state index is 16.2. The smallest absolute Gasteiger partial charge is 0.254 e. The molecule has 0 aromatic heterocycles. The van der Waals surface area contributed by atoms with Crippen molar-refractivity contribution in [3.05, 3.63) is 205 Å². The molecular weight excluding hydrogens is 1550 g/mol. The first-order valence-electron chi connectivity index (χ1n) is 42.5. The number of carbonyl (C=O) groups is 11. The second-order valence-corrected chi connectivity index (χ2v) is 32.4. The van der Waals surface area contributed by atoms with Gasteiger partial charge in [0, 0.05) is 111 Å². The van der Waals surface area contributed by atoms with Gasteiger partial charge in [-0.3, -0.25) is 52.7 Å². The third-order valence-corrected chi connectivity index (χ3v) is 25.1. The predicted octanol–water partition coefficient (Wildman–Crippen LogP) is 1.58. The Morgan fingerprint density at radius 2 is 0.767 bits per heavy atom. The molecule has 8 aliphatic heterocycles. The highest BCUT2D eigenvalue weighted by molar-refractivity contribution is 6.09. The number of hydrogen-bond donors (Lipinski definition) is 14. The summed E-state index contributed by atoms with van der Waals surface area (Å²) < 4.78 is 9.47. The Bertz CT molecular complexity index is 4630. The molecule has 9 aliphatic rings. The van der Waals surface area contributed by atoms with Crippen LogP contribution in [0.25, 0.3) is 5.57 Å². The molecule has 6 fully saturated rings. The second kappa shape index (κ2) is 38.4. The molecule has 14 N–H and O–H groups in total. The molecule has 120 heavy (non-hydrogen) atoms. The second-order valence-electron chi connectivity index (χ2n) is 32.4. The molecule has 11 atom stereocenters. The van der Waals surface area contributed by atoms with Crippen molar-refractivity contribution < 1.29 is 74.5 Å². The number of benzene rings is 6. The lowest BCUT2D eigenvalue weighted by atomic mass is 9.79. The number of amides is 11. The summed E-state index contributed by atoms with van der Waals surface area (Å²) in [5.41, 5.74) is 6.54. The predicted molar refractivity (Wildman–Crippen MR) is 450 cm³/mol. The van der Waals surface area contributed by atoms with Gasteiger partial charge < -0.3 is 101 Å². The molecule has 1 unspecified atom stereocenters. The maximum Gasteiger partial charge on any atom is 0.254 e. The SMILES string of the molecule is CCN(CC)c1ccc2c(c1)OC1CC(=[N+](CC)CC)CCC1=C2c1ccccc1C(=O)N1C[C@@H](NC(=O)c2cc3cc(c2)C(=O)N[C@H]2CCNCC[C@@H]2NC(=O)c2cccc(c2)C(=O)N[C@H]2CCNCC[C@@H]2NC3=O)[C@H](NC(=O)c2cc3cc(c2)C(=O)N[C@H]2CCNCC[C@@H]2NC(=O)c2cccc(c2)C(=O)N[C@H]2CCNCC[C@@H]2NC3=O)C1.[Cl-]. The fourth-order valence-electron chi connectivity index (χ4n) is 18.5. The Morgan fingerprint density at radius 3 is 1.12 bits per heavy atom. The van der Waals surface area contributed by atoms with Gasteiger partial charge in [-0.05, 0) is 246 Å². The number of carbonyl (C=O) groups excluding carboxylic acids is 11. The molecule has 0 spiro atoms. The number of anilines is 1. The van der Waals surface area contributed by atoms with E-state index in [0.717, 1.165) is 55.0 Å². The first kappa shape index (κ1) is 85.1. The minimum atomic E-state index is -1.13. The zero-order valence-electron chi connectivity index (χ0n) is 68.3. The number of nitrogens with zero attached hydrogens (tertiary/aromatic N) is 3. The van der Waals surface area contributed by atoms with Crippen molar-refractivity contribution >= 4 is 82.0 Å². The molecule has 8 heterocycles. The van der Waals surface area contributed by atoms with Crippen LogP contribution in [0.2, 0.25) is 0 Å². The van der Waals surface area contributed by atoms with Crippen LogP contribution in [0.15, 0.2) is 133 Å². The topological polar surface area (TPSA) is 375 Å². The van der Waals surface area contributed by atoms with Crippen LogP contribution in [-0.2, 0) is 0 Å². The molecule has 5 saturated heterocycles. The largest absolute Gasteiger partial charge is 1.00 e. The summed E-state index contributed by atoms with van der Waals surface area (Å²) in [5.74, 6) is -5.65. The van der Waals surface area contributed by atoms with Gasteiger partial charge in [-0.15, -0.1) is 0 Å². The molecule has 0 radical (unpaired) electrons. The zero-order valence-corrected chi connectivity index (χ0v) is 69.0. The number of fused-ring (bicyclic) bond motifs is 14. The monoisotopic (exact) mass is 1650 g/mol. The van der Waals surface area contributed by atoms with E-state index in [9.17, 15) is 19.2 Å². The van der Waals surface area contributed by atoms with Crippen LogP contribution in [0.5, 0.6) is 5.75 Å². The molecule has 15 rings (SSSR count). The Labute approximate surface area is 704 Å². The van der Waals surface area contributed by atoms with Crippen molar-refractivity contribution in [2.45, 2.75) is 165 Å². The number of rotatable bonds is 11. The van der Waals surface area contributed by atoms with Crippen LogP contribution in [-0.4, -0.2) is 238 Å². The lowest BCUT2D eigenvalue weighted by Crippen LogP contribution is -3.00. The number of nitrogens with one attached hydrogen (secondary N) is 14. The van der Waals surface area contributed by atoms with Gasteiger partial charge in [0.1, 0.15) is 24.9 Å². The van der Waals surface area contributed by atoms with Crippen LogP contribution in [0.4, 0.5) is 5.69 Å². The van der Waals surface area contributed by atoms with Gasteiger partial charge in [-0.25, -0.2) is 4.58 Å². The standard InChI is InChI=1S/C90H107N17O12.ClH/c1-5-105(6-2)61-19-21-65-77(47-61)119-78-48-62(106(7-3)8-4)20-22-66(78)79(65)63-17-9-10-18-64(63)90(118)107-49-75(103-88(116)59-43-55-41-56(44-59)85(113)100-72-28-36-92-32-24-68(72)96-81(109)52-14-11-13-51(39-52)80(108)95-67-23-31-91-35-27-71(67)99-84(55)112)76(50-107)104-89(117)60-45-57-42-58(46-60)87(115)102-74-30-38-94-34-26-70(74)98-83(111)54-16-12-15-53(40-54)82(110)97-69-25-33-93-37-29-73(69)101-86(57)114;/h9-19,21,39-47,67-76,78,91-94H,5-8,20,22-38,48-50H2,1-4H3,(H9-,95,96,97,98,99,100,101,102,103,104,108,109,110,111,112,113,114,115,116,117);1H/t67-,68-,69-,70-,71-,72-,73-,74-,75+,76+,78?;/m0./s1. The van der Waals surface area contributed by atoms with Gasteiger partial charge in [0.15, 0.2) is 5.71 Å². The van der Waals surface area contributed by atoms with Gasteiger partial charge in [0.05, 0.1) is 66.8 Å². The van der Waals surface area contributed by atoms with Crippen LogP contribution < -0.4 is 96.5 Å². The third-order valence-electron chi connectivity index (χ3n) is 25.1. The molecule has 632 valence electrons. The molecule has 29 nitrogen and oxygen atoms in total. The van der Waals surface area contributed by atoms with E-state index < -0.39 is 125 Å². The highest BCUT2D eigenvalue weighted by Crippen LogP contribution is 2.47. The first-order chi connectivity index (χ1) is 57.8. The summed E-state index contributed by atoms with van der Waals surface area (Å²) >= 11 is 0. The van der Waals surface area contributed by atoms with Crippen molar-refractivity contribution in [1.29, 1.82) is 0 Å². The quantitative estimate of drug-likeness (QED) is 0.0819. The van der Waals surface area contributed by atoms with Crippen LogP contribution in [0, 0.1) is 0 Å². The van der Waals surface area contributed by atoms with E-state index in [4.69, 9.17) is 4.74 Å². The summed E-state index contributed by atoms with van der Waals surface area (Å²) in [7, 11) is 0. The van der Waals surface area contributed by atoms with Crippen LogP contribution in [0.1, 0.15) is 223 Å². The average Bonchev–Trinajstić information content (AvgIpc) is 1.07. The summed E-state index contributed by atoms with van der Waals surface area (Å²) in [6, 6.07) is 27.5. The van der Waals surface area contributed by atoms with Crippen molar-refractivity contribution in [2.75, 3.05) is 96.5 Å². The Balaban J connectivity index is 0.0000118. The van der Waals surface area contributed by atoms with Crippen molar-refractivity contribution in [2.24, 2.45) is 0 Å². The molecule has 1 aliphatic carbocycles. The Morgan fingerprint density at radius 1 is 0.417 bits per heavy atom. The molecule has 1 saturated carbocycles. The first-order valence-corrected chi connectivity index (χ1v) is 42.5. The van der Waals surface area contributed by atoms with Gasteiger partial charge in [0.25, 0.3) is 65.0 Å². The highest BCUT2D eigenvalue weighted by Gasteiger charge is 2.43. The van der Waals surface area contributed by atoms with Crippen molar-refractivity contribution in [3.63, 3.8) is 0 Å². The minimum absolute atomic E-state index is 0. The highest BCUT2D eigenvalue weighted by atomic mass is 35.5. The third kappa shape index (κ3) is 19.1. The number of hydrogen-bond acceptors (Lipinski definition) is 17. The zero-order chi connectivity index (χ0) is 83.0. The van der Waals surface area contributed by atoms with E-state index >= 15 is 33.6 Å². The minimum Gasteiger partial charge on any atom is -1.00 e. The van der Waals surface area contributed by atoms with Crippen molar-refractivity contribution in [3.8, 4) is 5.75 Å². The summed E-state index contributed by atoms with van der Waals surface area (Å²) in [6.07, 6.45) is 4.97. The fraction of sp³-hybridized carbons (Fsp3) is 0.444. The molecule has 8 bridgehead atoms.